The van der Waals surface area contributed by atoms with Crippen LogP contribution >= 0.6 is 35.1 Å². The average molecular weight is 420 g/mol. The van der Waals surface area contributed by atoms with Crippen LogP contribution in [0.25, 0.3) is 10.9 Å². The number of amides is 1. The van der Waals surface area contributed by atoms with Crippen molar-refractivity contribution in [2.75, 3.05) is 5.32 Å². The molecule has 1 aliphatic rings. The van der Waals surface area contributed by atoms with E-state index in [-0.39, 0.29) is 17.2 Å². The third-order valence-electron chi connectivity index (χ3n) is 4.32. The van der Waals surface area contributed by atoms with Gasteiger partial charge in [-0.15, -0.1) is 4.52 Å². The highest BCUT2D eigenvalue weighted by molar-refractivity contribution is 7.99. The molecule has 2 unspecified atom stereocenters. The van der Waals surface area contributed by atoms with Crippen molar-refractivity contribution in [2.24, 2.45) is 9.63 Å². The van der Waals surface area contributed by atoms with Crippen molar-refractivity contribution >= 4 is 57.8 Å². The first-order valence-corrected chi connectivity index (χ1v) is 9.88. The van der Waals surface area contributed by atoms with Crippen LogP contribution in [-0.2, 0) is 11.3 Å². The second-order valence-corrected chi connectivity index (χ2v) is 7.94. The molecule has 2 aromatic carbocycles. The molecule has 2 heterocycles. The molecule has 0 saturated heterocycles. The van der Waals surface area contributed by atoms with Crippen molar-refractivity contribution in [1.29, 1.82) is 0 Å². The van der Waals surface area contributed by atoms with Crippen molar-refractivity contribution < 1.29 is 4.79 Å². The van der Waals surface area contributed by atoms with Gasteiger partial charge in [-0.05, 0) is 36.8 Å². The molecule has 27 heavy (non-hydrogen) atoms. The molecule has 1 aromatic heterocycles. The van der Waals surface area contributed by atoms with E-state index in [9.17, 15) is 4.79 Å². The largest absolute Gasteiger partial charge is 0.308 e. The minimum absolute atomic E-state index is 0.155. The standard InChI is InChI=1S/C18H15Cl2N5OS/c1-10-16(27-24-22-10)18(26)21-17-13-4-2-3-5-15(13)25(23-17)9-11-6-7-12(19)8-14(11)20/h2-8,10,16H,9H2,1H3,(H,21,23,26). The molecule has 4 rings (SSSR count). The predicted octanol–water partition coefficient (Wildman–Crippen LogP) is 5.20. The summed E-state index contributed by atoms with van der Waals surface area (Å²) in [6, 6.07) is 13.0. The number of anilines is 1. The molecule has 138 valence electrons. The van der Waals surface area contributed by atoms with Gasteiger partial charge >= 0.3 is 0 Å². The van der Waals surface area contributed by atoms with Gasteiger partial charge in [0, 0.05) is 27.4 Å². The van der Waals surface area contributed by atoms with Crippen LogP contribution < -0.4 is 5.32 Å². The SMILES string of the molecule is CC1N=NSC1C(=O)Nc1nn(Cc2ccc(Cl)cc2Cl)c2ccccc12. The van der Waals surface area contributed by atoms with Gasteiger partial charge in [-0.3, -0.25) is 9.48 Å². The summed E-state index contributed by atoms with van der Waals surface area (Å²) in [4.78, 5) is 12.6. The number of nitrogens with zero attached hydrogens (tertiary/aromatic N) is 4. The van der Waals surface area contributed by atoms with Gasteiger partial charge in [-0.25, -0.2) is 0 Å². The van der Waals surface area contributed by atoms with E-state index in [1.807, 2.05) is 41.9 Å². The molecule has 0 bridgehead atoms. The van der Waals surface area contributed by atoms with E-state index in [1.165, 1.54) is 11.9 Å². The molecule has 1 amide bonds. The number of para-hydroxylation sites is 1. The topological polar surface area (TPSA) is 71.6 Å². The van der Waals surface area contributed by atoms with Gasteiger partial charge in [-0.1, -0.05) is 41.4 Å². The van der Waals surface area contributed by atoms with Crippen LogP contribution in [0.2, 0.25) is 10.0 Å². The maximum absolute atomic E-state index is 12.6. The third-order valence-corrected chi connectivity index (χ3v) is 5.93. The van der Waals surface area contributed by atoms with Crippen LogP contribution in [0.15, 0.2) is 52.1 Å². The van der Waals surface area contributed by atoms with Gasteiger partial charge in [0.05, 0.1) is 18.1 Å². The van der Waals surface area contributed by atoms with Gasteiger partial charge < -0.3 is 5.32 Å². The minimum Gasteiger partial charge on any atom is -0.308 e. The zero-order chi connectivity index (χ0) is 19.0. The summed E-state index contributed by atoms with van der Waals surface area (Å²) in [5, 5.41) is 13.2. The van der Waals surface area contributed by atoms with Crippen LogP contribution in [0.5, 0.6) is 0 Å². The van der Waals surface area contributed by atoms with E-state index >= 15 is 0 Å². The van der Waals surface area contributed by atoms with Crippen LogP contribution in [0, 0.1) is 0 Å². The molecule has 0 spiro atoms. The van der Waals surface area contributed by atoms with Crippen LogP contribution in [0.1, 0.15) is 12.5 Å². The number of nitrogens with one attached hydrogen (secondary N) is 1. The Hall–Kier alpha value is -2.09. The molecule has 9 heteroatoms. The Morgan fingerprint density at radius 3 is 2.81 bits per heavy atom. The summed E-state index contributed by atoms with van der Waals surface area (Å²) in [7, 11) is 0. The van der Waals surface area contributed by atoms with Crippen LogP contribution in [0.4, 0.5) is 5.82 Å². The van der Waals surface area contributed by atoms with Crippen molar-refractivity contribution in [2.45, 2.75) is 24.8 Å². The first-order valence-electron chi connectivity index (χ1n) is 8.29. The highest BCUT2D eigenvalue weighted by Gasteiger charge is 2.31. The lowest BCUT2D eigenvalue weighted by atomic mass is 10.2. The fourth-order valence-corrected chi connectivity index (χ4v) is 4.07. The van der Waals surface area contributed by atoms with Gasteiger partial charge in [-0.2, -0.15) is 10.2 Å². The Morgan fingerprint density at radius 2 is 2.07 bits per heavy atom. The summed E-state index contributed by atoms with van der Waals surface area (Å²) >= 11 is 13.5. The molecular weight excluding hydrogens is 405 g/mol. The molecule has 0 aliphatic carbocycles. The summed E-state index contributed by atoms with van der Waals surface area (Å²) < 4.78 is 5.70. The van der Waals surface area contributed by atoms with Crippen molar-refractivity contribution in [3.8, 4) is 0 Å². The number of rotatable bonds is 4. The number of carbonyl (C=O) groups excluding carboxylic acids is 1. The summed E-state index contributed by atoms with van der Waals surface area (Å²) in [5.41, 5.74) is 1.80. The maximum atomic E-state index is 12.6. The van der Waals surface area contributed by atoms with Crippen molar-refractivity contribution in [3.63, 3.8) is 0 Å². The van der Waals surface area contributed by atoms with Gasteiger partial charge in [0.15, 0.2) is 5.82 Å². The normalized spacial score (nSPS) is 18.9. The van der Waals surface area contributed by atoms with E-state index in [0.29, 0.717) is 22.4 Å². The zero-order valence-electron chi connectivity index (χ0n) is 14.3. The highest BCUT2D eigenvalue weighted by Crippen LogP contribution is 2.30. The molecule has 0 saturated carbocycles. The summed E-state index contributed by atoms with van der Waals surface area (Å²) in [5.74, 6) is 0.359. The van der Waals surface area contributed by atoms with E-state index in [2.05, 4.69) is 20.0 Å². The number of halogens is 2. The number of hydrogen-bond acceptors (Lipinski definition) is 5. The molecule has 0 radical (unpaired) electrons. The average Bonchev–Trinajstić information content (AvgIpc) is 3.22. The first kappa shape index (κ1) is 18.3. The van der Waals surface area contributed by atoms with Crippen molar-refractivity contribution in [3.05, 3.63) is 58.1 Å². The predicted molar refractivity (Wildman–Crippen MR) is 110 cm³/mol. The Bertz CT molecular complexity index is 1050. The van der Waals surface area contributed by atoms with E-state index in [1.54, 1.807) is 12.1 Å². The number of fused-ring (bicyclic) bond motifs is 1. The maximum Gasteiger partial charge on any atom is 0.242 e. The summed E-state index contributed by atoms with van der Waals surface area (Å²) in [6.45, 7) is 2.33. The molecule has 1 N–H and O–H groups in total. The number of aromatic nitrogens is 2. The smallest absolute Gasteiger partial charge is 0.242 e. The van der Waals surface area contributed by atoms with Crippen LogP contribution in [0.3, 0.4) is 0 Å². The Labute approximate surface area is 170 Å². The lowest BCUT2D eigenvalue weighted by Gasteiger charge is -2.10. The second-order valence-electron chi connectivity index (χ2n) is 6.21. The number of benzene rings is 2. The van der Waals surface area contributed by atoms with Crippen LogP contribution in [-0.4, -0.2) is 27.0 Å². The fraction of sp³-hybridized carbons (Fsp3) is 0.222. The second kappa shape index (κ2) is 7.50. The highest BCUT2D eigenvalue weighted by atomic mass is 35.5. The van der Waals surface area contributed by atoms with Gasteiger partial charge in [0.2, 0.25) is 5.91 Å². The number of hydrogen-bond donors (Lipinski definition) is 1. The Kier molecular flexibility index (Phi) is 5.08. The Balaban J connectivity index is 1.65. The molecule has 1 aliphatic heterocycles. The molecule has 2 atom stereocenters. The van der Waals surface area contributed by atoms with E-state index in [0.717, 1.165) is 16.5 Å². The zero-order valence-corrected chi connectivity index (χ0v) is 16.6. The molecule has 6 nitrogen and oxygen atoms in total. The Morgan fingerprint density at radius 1 is 1.26 bits per heavy atom. The monoisotopic (exact) mass is 419 g/mol. The first-order chi connectivity index (χ1) is 13.0. The summed E-state index contributed by atoms with van der Waals surface area (Å²) in [6.07, 6.45) is 0. The number of carbonyl (C=O) groups is 1. The fourth-order valence-electron chi connectivity index (χ4n) is 2.91. The van der Waals surface area contributed by atoms with Crippen molar-refractivity contribution in [1.82, 2.24) is 9.78 Å². The third kappa shape index (κ3) is 3.67. The van der Waals surface area contributed by atoms with E-state index < -0.39 is 0 Å². The van der Waals surface area contributed by atoms with Gasteiger partial charge in [0.25, 0.3) is 0 Å². The quantitative estimate of drug-likeness (QED) is 0.590. The molecular formula is C18H15Cl2N5OS. The lowest BCUT2D eigenvalue weighted by Crippen LogP contribution is -2.30. The van der Waals surface area contributed by atoms with E-state index in [4.69, 9.17) is 23.2 Å². The van der Waals surface area contributed by atoms with Gasteiger partial charge in [0.1, 0.15) is 5.25 Å². The molecule has 0 fully saturated rings. The lowest BCUT2D eigenvalue weighted by molar-refractivity contribution is -0.115. The molecule has 3 aromatic rings. The minimum atomic E-state index is -0.348.